The molecule has 0 aliphatic heterocycles. The van der Waals surface area contributed by atoms with E-state index in [1.54, 1.807) is 0 Å². The van der Waals surface area contributed by atoms with Crippen LogP contribution in [0.2, 0.25) is 0 Å². The minimum Gasteiger partial charge on any atom is -0.342 e. The van der Waals surface area contributed by atoms with Crippen molar-refractivity contribution in [3.8, 4) is 45.3 Å². The van der Waals surface area contributed by atoms with Crippen molar-refractivity contribution in [3.05, 3.63) is 133 Å². The molecule has 6 aromatic rings. The van der Waals surface area contributed by atoms with Crippen LogP contribution in [0.4, 0.5) is 0 Å². The molecule has 0 unspecified atom stereocenters. The lowest BCUT2D eigenvalue weighted by Gasteiger charge is -1.97. The molecule has 0 spiro atoms. The van der Waals surface area contributed by atoms with E-state index in [2.05, 4.69) is 58.3 Å². The van der Waals surface area contributed by atoms with E-state index in [9.17, 15) is 0 Å². The summed E-state index contributed by atoms with van der Waals surface area (Å²) >= 11 is 0. The largest absolute Gasteiger partial charge is 0.342 e. The summed E-state index contributed by atoms with van der Waals surface area (Å²) in [7, 11) is 0. The lowest BCUT2D eigenvalue weighted by molar-refractivity contribution is 1.26. The first-order valence-corrected chi connectivity index (χ1v) is 11.6. The Kier molecular flexibility index (Phi) is 6.63. The summed E-state index contributed by atoms with van der Waals surface area (Å²) in [6.07, 6.45) is 1.87. The van der Waals surface area contributed by atoms with E-state index in [0.29, 0.717) is 0 Å². The van der Waals surface area contributed by atoms with Crippen molar-refractivity contribution in [2.24, 2.45) is 0 Å². The van der Waals surface area contributed by atoms with Gasteiger partial charge in [-0.3, -0.25) is 0 Å². The Morgan fingerprint density at radius 1 is 0.486 bits per heavy atom. The number of aromatic nitrogens is 4. The molecule has 0 fully saturated rings. The molecular formula is C31H26N4. The van der Waals surface area contributed by atoms with Gasteiger partial charge >= 0.3 is 0 Å². The second-order valence-corrected chi connectivity index (χ2v) is 8.17. The third kappa shape index (κ3) is 5.28. The minimum atomic E-state index is 0.907. The van der Waals surface area contributed by atoms with Crippen LogP contribution in [0.1, 0.15) is 5.69 Å². The molecule has 0 saturated carbocycles. The number of aromatic amines is 2. The van der Waals surface area contributed by atoms with Crippen LogP contribution in [0.3, 0.4) is 0 Å². The van der Waals surface area contributed by atoms with Crippen LogP contribution in [0.5, 0.6) is 0 Å². The van der Waals surface area contributed by atoms with Crippen LogP contribution in [-0.4, -0.2) is 19.9 Å². The first-order chi connectivity index (χ1) is 17.3. The molecule has 2 heterocycles. The SMILES string of the molecule is Cc1[nH]c(-c2ccccc2)nc1-c1ccccc1.c1ccc(-c2cnc(-c3ccccc3)[nH]2)cc1. The van der Waals surface area contributed by atoms with Gasteiger partial charge in [0.1, 0.15) is 11.6 Å². The second kappa shape index (κ2) is 10.5. The summed E-state index contributed by atoms with van der Waals surface area (Å²) in [5, 5.41) is 0. The van der Waals surface area contributed by atoms with Crippen LogP contribution >= 0.6 is 0 Å². The van der Waals surface area contributed by atoms with Gasteiger partial charge in [-0.15, -0.1) is 0 Å². The van der Waals surface area contributed by atoms with E-state index in [1.165, 1.54) is 0 Å². The Morgan fingerprint density at radius 2 is 0.943 bits per heavy atom. The highest BCUT2D eigenvalue weighted by atomic mass is 14.9. The predicted molar refractivity (Wildman–Crippen MR) is 144 cm³/mol. The fourth-order valence-electron chi connectivity index (χ4n) is 3.90. The van der Waals surface area contributed by atoms with E-state index in [4.69, 9.17) is 4.98 Å². The van der Waals surface area contributed by atoms with Gasteiger partial charge in [-0.1, -0.05) is 121 Å². The highest BCUT2D eigenvalue weighted by molar-refractivity contribution is 5.67. The summed E-state index contributed by atoms with van der Waals surface area (Å²) in [6, 6.07) is 40.8. The number of hydrogen-bond donors (Lipinski definition) is 2. The molecule has 35 heavy (non-hydrogen) atoms. The van der Waals surface area contributed by atoms with Crippen molar-refractivity contribution in [1.29, 1.82) is 0 Å². The Labute approximate surface area is 205 Å². The molecule has 0 bridgehead atoms. The Morgan fingerprint density at radius 3 is 1.49 bits per heavy atom. The zero-order valence-corrected chi connectivity index (χ0v) is 19.5. The fourth-order valence-corrected chi connectivity index (χ4v) is 3.90. The Hall–Kier alpha value is -4.70. The molecule has 4 heteroatoms. The van der Waals surface area contributed by atoms with Gasteiger partial charge in [0.15, 0.2) is 0 Å². The molecule has 170 valence electrons. The molecule has 6 rings (SSSR count). The maximum Gasteiger partial charge on any atom is 0.138 e. The lowest BCUT2D eigenvalue weighted by Crippen LogP contribution is -1.80. The van der Waals surface area contributed by atoms with Crippen LogP contribution in [0.25, 0.3) is 45.3 Å². The summed E-state index contributed by atoms with van der Waals surface area (Å²) in [5.74, 6) is 1.83. The van der Waals surface area contributed by atoms with Crippen molar-refractivity contribution < 1.29 is 0 Å². The maximum absolute atomic E-state index is 4.69. The molecule has 0 aliphatic carbocycles. The molecule has 0 aliphatic rings. The van der Waals surface area contributed by atoms with Gasteiger partial charge in [-0.05, 0) is 12.5 Å². The van der Waals surface area contributed by atoms with Gasteiger partial charge in [-0.2, -0.15) is 0 Å². The molecule has 4 nitrogen and oxygen atoms in total. The molecule has 0 amide bonds. The standard InChI is InChI=1S/C16H14N2.C15H12N2/c1-12-15(13-8-4-2-5-9-13)18-16(17-12)14-10-6-3-7-11-14;1-3-7-12(8-4-1)14-11-16-15(17-14)13-9-5-2-6-10-13/h2-11H,1H3,(H,17,18);1-11H,(H,16,17). The Balaban J connectivity index is 0.000000145. The highest BCUT2D eigenvalue weighted by Gasteiger charge is 2.09. The monoisotopic (exact) mass is 454 g/mol. The van der Waals surface area contributed by atoms with Crippen LogP contribution in [-0.2, 0) is 0 Å². The topological polar surface area (TPSA) is 57.4 Å². The number of nitrogens with zero attached hydrogens (tertiary/aromatic N) is 2. The summed E-state index contributed by atoms with van der Waals surface area (Å²) in [4.78, 5) is 15.8. The summed E-state index contributed by atoms with van der Waals surface area (Å²) in [5.41, 5.74) is 7.69. The quantitative estimate of drug-likeness (QED) is 0.285. The minimum absolute atomic E-state index is 0.907. The highest BCUT2D eigenvalue weighted by Crippen LogP contribution is 2.25. The van der Waals surface area contributed by atoms with Gasteiger partial charge in [-0.25, -0.2) is 9.97 Å². The lowest BCUT2D eigenvalue weighted by atomic mass is 10.1. The van der Waals surface area contributed by atoms with Gasteiger partial charge in [0.25, 0.3) is 0 Å². The molecule has 0 atom stereocenters. The normalized spacial score (nSPS) is 10.4. The number of benzene rings is 4. The van der Waals surface area contributed by atoms with Gasteiger partial charge in [0, 0.05) is 22.4 Å². The third-order valence-corrected chi connectivity index (χ3v) is 5.69. The van der Waals surface area contributed by atoms with E-state index in [1.807, 2.05) is 91.1 Å². The smallest absolute Gasteiger partial charge is 0.138 e. The number of aryl methyl sites for hydroxylation is 1. The van der Waals surface area contributed by atoms with Crippen molar-refractivity contribution in [2.75, 3.05) is 0 Å². The number of hydrogen-bond acceptors (Lipinski definition) is 2. The van der Waals surface area contributed by atoms with Crippen molar-refractivity contribution in [2.45, 2.75) is 6.92 Å². The average Bonchev–Trinajstić information content (AvgIpc) is 3.59. The number of nitrogens with one attached hydrogen (secondary N) is 2. The summed E-state index contributed by atoms with van der Waals surface area (Å²) in [6.45, 7) is 2.06. The first kappa shape index (κ1) is 22.1. The first-order valence-electron chi connectivity index (χ1n) is 11.6. The van der Waals surface area contributed by atoms with Crippen molar-refractivity contribution >= 4 is 0 Å². The number of H-pyrrole nitrogens is 2. The van der Waals surface area contributed by atoms with E-state index < -0.39 is 0 Å². The summed E-state index contributed by atoms with van der Waals surface area (Å²) < 4.78 is 0. The van der Waals surface area contributed by atoms with Gasteiger partial charge < -0.3 is 9.97 Å². The van der Waals surface area contributed by atoms with E-state index >= 15 is 0 Å². The molecule has 0 radical (unpaired) electrons. The second-order valence-electron chi connectivity index (χ2n) is 8.17. The van der Waals surface area contributed by atoms with Crippen molar-refractivity contribution in [1.82, 2.24) is 19.9 Å². The molecule has 2 aromatic heterocycles. The van der Waals surface area contributed by atoms with Gasteiger partial charge in [0.05, 0.1) is 17.6 Å². The predicted octanol–water partition coefficient (Wildman–Crippen LogP) is 7.80. The van der Waals surface area contributed by atoms with E-state index in [-0.39, 0.29) is 0 Å². The molecule has 0 saturated heterocycles. The van der Waals surface area contributed by atoms with Crippen LogP contribution in [0, 0.1) is 6.92 Å². The zero-order chi connectivity index (χ0) is 23.9. The molecule has 2 N–H and O–H groups in total. The Bertz CT molecular complexity index is 1410. The van der Waals surface area contributed by atoms with Crippen LogP contribution < -0.4 is 0 Å². The number of imidazole rings is 2. The average molecular weight is 455 g/mol. The fraction of sp³-hybridized carbons (Fsp3) is 0.0323. The van der Waals surface area contributed by atoms with E-state index in [0.717, 1.165) is 51.0 Å². The molecule has 4 aromatic carbocycles. The van der Waals surface area contributed by atoms with Gasteiger partial charge in [0.2, 0.25) is 0 Å². The molecular weight excluding hydrogens is 428 g/mol. The maximum atomic E-state index is 4.69. The van der Waals surface area contributed by atoms with Crippen molar-refractivity contribution in [3.63, 3.8) is 0 Å². The van der Waals surface area contributed by atoms with Crippen LogP contribution in [0.15, 0.2) is 128 Å². The number of rotatable bonds is 4. The third-order valence-electron chi connectivity index (χ3n) is 5.69. The zero-order valence-electron chi connectivity index (χ0n) is 19.5.